The maximum atomic E-state index is 12.6. The van der Waals surface area contributed by atoms with Gasteiger partial charge in [-0.15, -0.1) is 0 Å². The van der Waals surface area contributed by atoms with Crippen molar-refractivity contribution in [2.45, 2.75) is 27.3 Å². The highest BCUT2D eigenvalue weighted by molar-refractivity contribution is 5.93. The Labute approximate surface area is 165 Å². The van der Waals surface area contributed by atoms with Crippen LogP contribution in [0.15, 0.2) is 48.5 Å². The number of hydrogen-bond donors (Lipinski definition) is 2. The van der Waals surface area contributed by atoms with Crippen LogP contribution in [0.4, 0.5) is 11.5 Å². The fraction of sp³-hybridized carbons (Fsp3) is 0.227. The van der Waals surface area contributed by atoms with Crippen molar-refractivity contribution in [3.8, 4) is 5.75 Å². The Morgan fingerprint density at radius 2 is 1.68 bits per heavy atom. The van der Waals surface area contributed by atoms with E-state index in [1.807, 2.05) is 56.3 Å². The molecule has 1 amide bonds. The molecule has 0 aliphatic heterocycles. The van der Waals surface area contributed by atoms with Gasteiger partial charge in [-0.1, -0.05) is 30.3 Å². The molecule has 0 saturated carbocycles. The molecular weight excluding hydrogens is 352 g/mol. The Bertz CT molecular complexity index is 964. The average molecular weight is 376 g/mol. The van der Waals surface area contributed by atoms with Crippen molar-refractivity contribution < 1.29 is 9.53 Å². The predicted molar refractivity (Wildman–Crippen MR) is 110 cm³/mol. The summed E-state index contributed by atoms with van der Waals surface area (Å²) in [6.45, 7) is 6.25. The number of aromatic nitrogens is 2. The van der Waals surface area contributed by atoms with E-state index in [-0.39, 0.29) is 5.91 Å². The van der Waals surface area contributed by atoms with Crippen LogP contribution >= 0.6 is 0 Å². The quantitative estimate of drug-likeness (QED) is 0.678. The fourth-order valence-electron chi connectivity index (χ4n) is 2.90. The van der Waals surface area contributed by atoms with Gasteiger partial charge in [0.15, 0.2) is 0 Å². The zero-order valence-electron chi connectivity index (χ0n) is 16.5. The number of benzene rings is 2. The van der Waals surface area contributed by atoms with Crippen molar-refractivity contribution in [3.63, 3.8) is 0 Å². The van der Waals surface area contributed by atoms with Gasteiger partial charge in [0, 0.05) is 18.3 Å². The first kappa shape index (κ1) is 19.4. The first-order chi connectivity index (χ1) is 13.5. The maximum Gasteiger partial charge on any atom is 0.270 e. The highest BCUT2D eigenvalue weighted by Gasteiger charge is 2.12. The van der Waals surface area contributed by atoms with Gasteiger partial charge in [-0.2, -0.15) is 0 Å². The van der Waals surface area contributed by atoms with E-state index in [4.69, 9.17) is 4.74 Å². The van der Waals surface area contributed by atoms with Crippen LogP contribution in [0.5, 0.6) is 5.75 Å². The van der Waals surface area contributed by atoms with Gasteiger partial charge in [0.05, 0.1) is 7.11 Å². The number of carbonyl (C=O) groups is 1. The minimum absolute atomic E-state index is 0.245. The number of methoxy groups -OCH3 is 1. The summed E-state index contributed by atoms with van der Waals surface area (Å²) in [5.41, 5.74) is 4.53. The summed E-state index contributed by atoms with van der Waals surface area (Å²) >= 11 is 0. The average Bonchev–Trinajstić information content (AvgIpc) is 2.69. The van der Waals surface area contributed by atoms with E-state index in [1.54, 1.807) is 20.1 Å². The van der Waals surface area contributed by atoms with Gasteiger partial charge < -0.3 is 15.4 Å². The number of carbonyl (C=O) groups excluding carboxylic acids is 1. The summed E-state index contributed by atoms with van der Waals surface area (Å²) in [4.78, 5) is 21.3. The summed E-state index contributed by atoms with van der Waals surface area (Å²) in [6.07, 6.45) is 0. The van der Waals surface area contributed by atoms with Crippen molar-refractivity contribution in [1.29, 1.82) is 0 Å². The number of para-hydroxylation sites is 1. The van der Waals surface area contributed by atoms with E-state index < -0.39 is 0 Å². The van der Waals surface area contributed by atoms with Crippen molar-refractivity contribution in [2.75, 3.05) is 12.4 Å². The fourth-order valence-corrected chi connectivity index (χ4v) is 2.90. The number of hydrogen-bond acceptors (Lipinski definition) is 5. The number of ether oxygens (including phenoxy) is 1. The summed E-state index contributed by atoms with van der Waals surface area (Å²) in [6, 6.07) is 15.3. The Kier molecular flexibility index (Phi) is 5.89. The second kappa shape index (κ2) is 8.52. The Balaban J connectivity index is 1.73. The van der Waals surface area contributed by atoms with Crippen LogP contribution in [0.3, 0.4) is 0 Å². The monoisotopic (exact) mass is 376 g/mol. The van der Waals surface area contributed by atoms with Crippen LogP contribution in [0.2, 0.25) is 0 Å². The predicted octanol–water partition coefficient (Wildman–Crippen LogP) is 4.08. The lowest BCUT2D eigenvalue weighted by Gasteiger charge is -2.13. The van der Waals surface area contributed by atoms with Gasteiger partial charge in [-0.25, -0.2) is 9.97 Å². The summed E-state index contributed by atoms with van der Waals surface area (Å²) < 4.78 is 5.14. The van der Waals surface area contributed by atoms with Crippen molar-refractivity contribution in [1.82, 2.24) is 15.3 Å². The summed E-state index contributed by atoms with van der Waals surface area (Å²) in [5, 5.41) is 6.21. The van der Waals surface area contributed by atoms with Crippen molar-refractivity contribution in [2.24, 2.45) is 0 Å². The molecule has 6 heteroatoms. The number of aryl methyl sites for hydroxylation is 3. The van der Waals surface area contributed by atoms with Gasteiger partial charge in [-0.3, -0.25) is 4.79 Å². The Hall–Kier alpha value is -3.41. The molecule has 0 unspecified atom stereocenters. The molecule has 6 nitrogen and oxygen atoms in total. The number of nitrogens with zero attached hydrogens (tertiary/aromatic N) is 2. The lowest BCUT2D eigenvalue weighted by atomic mass is 10.1. The molecular formula is C22H24N4O2. The van der Waals surface area contributed by atoms with Crippen LogP contribution < -0.4 is 15.4 Å². The highest BCUT2D eigenvalue weighted by atomic mass is 16.5. The third-order valence-electron chi connectivity index (χ3n) is 4.42. The van der Waals surface area contributed by atoms with Crippen LogP contribution in [-0.2, 0) is 6.54 Å². The number of nitrogens with one attached hydrogen (secondary N) is 2. The molecule has 3 aromatic rings. The molecule has 0 aliphatic carbocycles. The molecule has 0 aliphatic rings. The second-order valence-electron chi connectivity index (χ2n) is 6.61. The van der Waals surface area contributed by atoms with Crippen LogP contribution in [-0.4, -0.2) is 23.0 Å². The molecule has 0 radical (unpaired) electrons. The van der Waals surface area contributed by atoms with E-state index in [2.05, 4.69) is 20.6 Å². The smallest absolute Gasteiger partial charge is 0.270 e. The van der Waals surface area contributed by atoms with Crippen molar-refractivity contribution >= 4 is 17.4 Å². The lowest BCUT2D eigenvalue weighted by Crippen LogP contribution is -2.24. The molecule has 3 rings (SSSR count). The minimum atomic E-state index is -0.245. The molecule has 0 spiro atoms. The molecule has 2 N–H and O–H groups in total. The topological polar surface area (TPSA) is 76.1 Å². The molecule has 1 aromatic heterocycles. The van der Waals surface area contributed by atoms with E-state index >= 15 is 0 Å². The minimum Gasteiger partial charge on any atom is -0.497 e. The standard InChI is InChI=1S/C22H24N4O2/c1-14-6-5-7-15(2)21(14)26-20-12-19(24-16(3)25-20)22(27)23-13-17-8-10-18(28-4)11-9-17/h5-12H,13H2,1-4H3,(H,23,27)(H,24,25,26). The molecule has 144 valence electrons. The zero-order chi connectivity index (χ0) is 20.1. The Morgan fingerprint density at radius 1 is 1.00 bits per heavy atom. The van der Waals surface area contributed by atoms with Gasteiger partial charge >= 0.3 is 0 Å². The lowest BCUT2D eigenvalue weighted by molar-refractivity contribution is 0.0945. The number of amides is 1. The number of rotatable bonds is 6. The van der Waals surface area contributed by atoms with Crippen molar-refractivity contribution in [3.05, 3.63) is 76.7 Å². The van der Waals surface area contributed by atoms with Crippen LogP contribution in [0, 0.1) is 20.8 Å². The first-order valence-corrected chi connectivity index (χ1v) is 9.06. The normalized spacial score (nSPS) is 10.4. The number of anilines is 2. The maximum absolute atomic E-state index is 12.6. The molecule has 0 saturated heterocycles. The van der Waals surface area contributed by atoms with Crippen LogP contribution in [0.25, 0.3) is 0 Å². The highest BCUT2D eigenvalue weighted by Crippen LogP contribution is 2.23. The molecule has 2 aromatic carbocycles. The molecule has 0 bridgehead atoms. The van der Waals surface area contributed by atoms with Gasteiger partial charge in [0.2, 0.25) is 0 Å². The van der Waals surface area contributed by atoms with E-state index in [0.29, 0.717) is 23.9 Å². The van der Waals surface area contributed by atoms with E-state index in [0.717, 1.165) is 28.1 Å². The molecule has 28 heavy (non-hydrogen) atoms. The summed E-state index contributed by atoms with van der Waals surface area (Å²) in [7, 11) is 1.62. The third-order valence-corrected chi connectivity index (χ3v) is 4.42. The SMILES string of the molecule is COc1ccc(CNC(=O)c2cc(Nc3c(C)cccc3C)nc(C)n2)cc1. The molecule has 1 heterocycles. The van der Waals surface area contributed by atoms with Gasteiger partial charge in [0.25, 0.3) is 5.91 Å². The third kappa shape index (κ3) is 4.65. The second-order valence-corrected chi connectivity index (χ2v) is 6.61. The summed E-state index contributed by atoms with van der Waals surface area (Å²) in [5.74, 6) is 1.67. The van der Waals surface area contributed by atoms with Crippen LogP contribution in [0.1, 0.15) is 33.0 Å². The molecule has 0 atom stereocenters. The molecule has 0 fully saturated rings. The largest absolute Gasteiger partial charge is 0.497 e. The van der Waals surface area contributed by atoms with Gasteiger partial charge in [-0.05, 0) is 49.6 Å². The zero-order valence-corrected chi connectivity index (χ0v) is 16.5. The van der Waals surface area contributed by atoms with E-state index in [1.165, 1.54) is 0 Å². The van der Waals surface area contributed by atoms with Gasteiger partial charge in [0.1, 0.15) is 23.1 Å². The Morgan fingerprint density at radius 3 is 2.32 bits per heavy atom. The van der Waals surface area contributed by atoms with E-state index in [9.17, 15) is 4.79 Å². The first-order valence-electron chi connectivity index (χ1n) is 9.06.